The number of hydrogen-bond donors (Lipinski definition) is 1. The van der Waals surface area contributed by atoms with E-state index in [0.29, 0.717) is 24.0 Å². The molecular formula is C18H18N4O2. The van der Waals surface area contributed by atoms with Gasteiger partial charge in [-0.15, -0.1) is 10.2 Å². The molecule has 2 heterocycles. The maximum atomic E-state index is 12.0. The zero-order chi connectivity index (χ0) is 16.9. The topological polar surface area (TPSA) is 80.9 Å². The van der Waals surface area contributed by atoms with Crippen LogP contribution < -0.4 is 5.32 Å². The van der Waals surface area contributed by atoms with Crippen LogP contribution in [0.2, 0.25) is 0 Å². The van der Waals surface area contributed by atoms with Crippen LogP contribution in [0.25, 0.3) is 11.5 Å². The summed E-state index contributed by atoms with van der Waals surface area (Å²) in [6.07, 6.45) is 0.641. The zero-order valence-electron chi connectivity index (χ0n) is 13.6. The van der Waals surface area contributed by atoms with Crippen LogP contribution >= 0.6 is 0 Å². The third kappa shape index (κ3) is 4.04. The predicted octanol–water partition coefficient (Wildman–Crippen LogP) is 3.32. The van der Waals surface area contributed by atoms with Gasteiger partial charge in [-0.25, -0.2) is 4.98 Å². The number of nitrogens with one attached hydrogen (secondary N) is 1. The Kier molecular flexibility index (Phi) is 4.65. The van der Waals surface area contributed by atoms with Crippen molar-refractivity contribution in [3.63, 3.8) is 0 Å². The smallest absolute Gasteiger partial charge is 0.247 e. The summed E-state index contributed by atoms with van der Waals surface area (Å²) in [6, 6.07) is 13.3. The Morgan fingerprint density at radius 1 is 1.08 bits per heavy atom. The molecule has 0 saturated heterocycles. The van der Waals surface area contributed by atoms with Crippen molar-refractivity contribution in [2.45, 2.75) is 26.7 Å². The molecule has 3 rings (SSSR count). The van der Waals surface area contributed by atoms with Gasteiger partial charge < -0.3 is 9.73 Å². The van der Waals surface area contributed by atoms with Crippen molar-refractivity contribution in [3.05, 3.63) is 59.6 Å². The summed E-state index contributed by atoms with van der Waals surface area (Å²) in [5, 5.41) is 10.8. The lowest BCUT2D eigenvalue weighted by Crippen LogP contribution is -2.13. The molecule has 6 heteroatoms. The quantitative estimate of drug-likeness (QED) is 0.779. The number of benzene rings is 1. The molecule has 0 bridgehead atoms. The first kappa shape index (κ1) is 15.9. The first-order valence-corrected chi connectivity index (χ1v) is 7.73. The van der Waals surface area contributed by atoms with Gasteiger partial charge in [-0.1, -0.05) is 23.8 Å². The van der Waals surface area contributed by atoms with Crippen molar-refractivity contribution >= 4 is 11.7 Å². The van der Waals surface area contributed by atoms with Crippen molar-refractivity contribution < 1.29 is 9.21 Å². The summed E-state index contributed by atoms with van der Waals surface area (Å²) < 4.78 is 5.61. The van der Waals surface area contributed by atoms with Gasteiger partial charge in [0.1, 0.15) is 5.82 Å². The fourth-order valence-electron chi connectivity index (χ4n) is 2.21. The van der Waals surface area contributed by atoms with E-state index in [1.807, 2.05) is 50.2 Å². The average Bonchev–Trinajstić information content (AvgIpc) is 3.03. The second kappa shape index (κ2) is 7.04. The fraction of sp³-hybridized carbons (Fsp3) is 0.222. The largest absolute Gasteiger partial charge is 0.421 e. The van der Waals surface area contributed by atoms with Crippen molar-refractivity contribution in [2.24, 2.45) is 0 Å². The van der Waals surface area contributed by atoms with Gasteiger partial charge in [0.15, 0.2) is 0 Å². The molecule has 122 valence electrons. The van der Waals surface area contributed by atoms with Gasteiger partial charge in [-0.05, 0) is 38.1 Å². The van der Waals surface area contributed by atoms with E-state index in [1.165, 1.54) is 5.56 Å². The minimum absolute atomic E-state index is 0.136. The second-order valence-electron chi connectivity index (χ2n) is 5.58. The van der Waals surface area contributed by atoms with Crippen LogP contribution in [0.5, 0.6) is 0 Å². The van der Waals surface area contributed by atoms with Gasteiger partial charge in [0.25, 0.3) is 0 Å². The molecule has 0 spiro atoms. The van der Waals surface area contributed by atoms with E-state index in [2.05, 4.69) is 20.5 Å². The molecule has 0 aliphatic rings. The fourth-order valence-corrected chi connectivity index (χ4v) is 2.21. The van der Waals surface area contributed by atoms with Gasteiger partial charge in [-0.3, -0.25) is 4.79 Å². The SMILES string of the molecule is Cc1ccc(-c2nnc(CCC(=O)Nc3cccc(C)n3)o2)cc1. The van der Waals surface area contributed by atoms with E-state index in [4.69, 9.17) is 4.42 Å². The normalized spacial score (nSPS) is 10.6. The van der Waals surface area contributed by atoms with E-state index in [9.17, 15) is 4.79 Å². The maximum absolute atomic E-state index is 12.0. The number of anilines is 1. The molecule has 0 atom stereocenters. The average molecular weight is 322 g/mol. The monoisotopic (exact) mass is 322 g/mol. The number of carbonyl (C=O) groups is 1. The lowest BCUT2D eigenvalue weighted by molar-refractivity contribution is -0.116. The second-order valence-corrected chi connectivity index (χ2v) is 5.58. The number of nitrogens with zero attached hydrogens (tertiary/aromatic N) is 3. The highest BCUT2D eigenvalue weighted by Gasteiger charge is 2.11. The molecule has 6 nitrogen and oxygen atoms in total. The van der Waals surface area contributed by atoms with Crippen LogP contribution in [-0.4, -0.2) is 21.1 Å². The van der Waals surface area contributed by atoms with Crippen molar-refractivity contribution in [2.75, 3.05) is 5.32 Å². The van der Waals surface area contributed by atoms with Crippen LogP contribution in [0, 0.1) is 13.8 Å². The van der Waals surface area contributed by atoms with Gasteiger partial charge in [0.05, 0.1) is 0 Å². The highest BCUT2D eigenvalue weighted by molar-refractivity contribution is 5.89. The van der Waals surface area contributed by atoms with Crippen molar-refractivity contribution in [1.29, 1.82) is 0 Å². The molecule has 0 unspecified atom stereocenters. The van der Waals surface area contributed by atoms with Gasteiger partial charge in [-0.2, -0.15) is 0 Å². The standard InChI is InChI=1S/C18H18N4O2/c1-12-6-8-14(9-7-12)18-22-21-17(24-18)11-10-16(23)20-15-5-3-4-13(2)19-15/h3-9H,10-11H2,1-2H3,(H,19,20,23). The Labute approximate surface area is 140 Å². The summed E-state index contributed by atoms with van der Waals surface area (Å²) in [5.41, 5.74) is 2.89. The number of carbonyl (C=O) groups excluding carboxylic acids is 1. The van der Waals surface area contributed by atoms with Crippen LogP contribution in [0.3, 0.4) is 0 Å². The summed E-state index contributed by atoms with van der Waals surface area (Å²) in [6.45, 7) is 3.89. The van der Waals surface area contributed by atoms with E-state index in [-0.39, 0.29) is 12.3 Å². The van der Waals surface area contributed by atoms with Gasteiger partial charge >= 0.3 is 0 Å². The van der Waals surface area contributed by atoms with Crippen LogP contribution in [0.4, 0.5) is 5.82 Å². The highest BCUT2D eigenvalue weighted by atomic mass is 16.4. The molecule has 1 amide bonds. The van der Waals surface area contributed by atoms with E-state index >= 15 is 0 Å². The van der Waals surface area contributed by atoms with Crippen LogP contribution in [0.1, 0.15) is 23.6 Å². The third-order valence-corrected chi connectivity index (χ3v) is 3.49. The molecule has 1 aromatic carbocycles. The summed E-state index contributed by atoms with van der Waals surface area (Å²) in [5.74, 6) is 1.32. The molecule has 2 aromatic heterocycles. The van der Waals surface area contributed by atoms with Gasteiger partial charge in [0, 0.05) is 24.1 Å². The van der Waals surface area contributed by atoms with Crippen molar-refractivity contribution in [3.8, 4) is 11.5 Å². The lowest BCUT2D eigenvalue weighted by Gasteiger charge is -2.03. The summed E-state index contributed by atoms with van der Waals surface area (Å²) in [7, 11) is 0. The molecule has 0 aliphatic carbocycles. The van der Waals surface area contributed by atoms with E-state index < -0.39 is 0 Å². The molecule has 0 aliphatic heterocycles. The van der Waals surface area contributed by atoms with Crippen molar-refractivity contribution in [1.82, 2.24) is 15.2 Å². The molecule has 0 saturated carbocycles. The number of aromatic nitrogens is 3. The molecule has 3 aromatic rings. The minimum Gasteiger partial charge on any atom is -0.421 e. The number of pyridine rings is 1. The minimum atomic E-state index is -0.136. The zero-order valence-corrected chi connectivity index (χ0v) is 13.6. The highest BCUT2D eigenvalue weighted by Crippen LogP contribution is 2.18. The molecule has 1 N–H and O–H groups in total. The summed E-state index contributed by atoms with van der Waals surface area (Å²) >= 11 is 0. The lowest BCUT2D eigenvalue weighted by atomic mass is 10.1. The number of aryl methyl sites for hydroxylation is 3. The number of amides is 1. The number of hydrogen-bond acceptors (Lipinski definition) is 5. The Morgan fingerprint density at radius 3 is 2.62 bits per heavy atom. The predicted molar refractivity (Wildman–Crippen MR) is 90.4 cm³/mol. The number of rotatable bonds is 5. The third-order valence-electron chi connectivity index (χ3n) is 3.49. The molecule has 24 heavy (non-hydrogen) atoms. The van der Waals surface area contributed by atoms with E-state index in [1.54, 1.807) is 6.07 Å². The summed E-state index contributed by atoms with van der Waals surface area (Å²) in [4.78, 5) is 16.2. The Morgan fingerprint density at radius 2 is 1.88 bits per heavy atom. The Balaban J connectivity index is 1.57. The molecular weight excluding hydrogens is 304 g/mol. The first-order chi connectivity index (χ1) is 11.6. The maximum Gasteiger partial charge on any atom is 0.247 e. The Bertz CT molecular complexity index is 840. The van der Waals surface area contributed by atoms with Crippen LogP contribution in [-0.2, 0) is 11.2 Å². The molecule has 0 fully saturated rings. The molecule has 0 radical (unpaired) electrons. The van der Waals surface area contributed by atoms with E-state index in [0.717, 1.165) is 11.3 Å². The van der Waals surface area contributed by atoms with Crippen LogP contribution in [0.15, 0.2) is 46.9 Å². The Hall–Kier alpha value is -3.02. The first-order valence-electron chi connectivity index (χ1n) is 7.73. The van der Waals surface area contributed by atoms with Gasteiger partial charge in [0.2, 0.25) is 17.7 Å².